The van der Waals surface area contributed by atoms with Crippen LogP contribution < -0.4 is 5.32 Å². The number of anilines is 2. The van der Waals surface area contributed by atoms with Gasteiger partial charge >= 0.3 is 0 Å². The number of fused-ring (bicyclic) bond motifs is 2. The van der Waals surface area contributed by atoms with E-state index in [1.807, 2.05) is 54.1 Å². The van der Waals surface area contributed by atoms with Crippen molar-refractivity contribution in [3.8, 4) is 0 Å². The molecule has 2 heterocycles. The van der Waals surface area contributed by atoms with Crippen LogP contribution in [-0.4, -0.2) is 14.5 Å². The highest BCUT2D eigenvalue weighted by atomic mass is 35.5. The lowest BCUT2D eigenvalue weighted by atomic mass is 10.3. The highest BCUT2D eigenvalue weighted by molar-refractivity contribution is 7.22. The molecular weight excluding hydrogens is 304 g/mol. The number of benzene rings is 2. The molecule has 4 nitrogen and oxygen atoms in total. The van der Waals surface area contributed by atoms with Crippen molar-refractivity contribution in [1.82, 2.24) is 14.5 Å². The lowest BCUT2D eigenvalue weighted by Gasteiger charge is -2.01. The van der Waals surface area contributed by atoms with E-state index in [1.165, 1.54) is 0 Å². The average molecular weight is 315 g/mol. The number of halogens is 1. The van der Waals surface area contributed by atoms with E-state index in [0.717, 1.165) is 37.4 Å². The quantitative estimate of drug-likeness (QED) is 0.589. The second-order valence-corrected chi connectivity index (χ2v) is 6.21. The molecule has 4 aromatic rings. The second-order valence-electron chi connectivity index (χ2n) is 4.74. The van der Waals surface area contributed by atoms with Crippen molar-refractivity contribution in [2.24, 2.45) is 7.05 Å². The maximum absolute atomic E-state index is 6.01. The molecule has 6 heteroatoms. The Bertz CT molecular complexity index is 957. The van der Waals surface area contributed by atoms with Crippen molar-refractivity contribution in [2.45, 2.75) is 0 Å². The van der Waals surface area contributed by atoms with Crippen LogP contribution in [0.15, 0.2) is 42.5 Å². The largest absolute Gasteiger partial charge is 0.313 e. The van der Waals surface area contributed by atoms with Crippen LogP contribution in [0.3, 0.4) is 0 Å². The average Bonchev–Trinajstić information content (AvgIpc) is 3.01. The highest BCUT2D eigenvalue weighted by Gasteiger charge is 2.10. The first-order chi connectivity index (χ1) is 10.2. The Morgan fingerprint density at radius 3 is 2.81 bits per heavy atom. The number of aromatic nitrogens is 3. The summed E-state index contributed by atoms with van der Waals surface area (Å²) in [4.78, 5) is 9.14. The molecule has 0 aliphatic rings. The number of nitrogens with zero attached hydrogens (tertiary/aromatic N) is 3. The Morgan fingerprint density at radius 1 is 1.10 bits per heavy atom. The Balaban J connectivity index is 1.77. The van der Waals surface area contributed by atoms with E-state index < -0.39 is 0 Å². The topological polar surface area (TPSA) is 42.7 Å². The summed E-state index contributed by atoms with van der Waals surface area (Å²) >= 11 is 7.57. The summed E-state index contributed by atoms with van der Waals surface area (Å²) < 4.78 is 3.08. The van der Waals surface area contributed by atoms with Gasteiger partial charge in [0.25, 0.3) is 0 Å². The van der Waals surface area contributed by atoms with Gasteiger partial charge in [-0.2, -0.15) is 0 Å². The molecule has 2 aromatic carbocycles. The van der Waals surface area contributed by atoms with Gasteiger partial charge in [0.15, 0.2) is 5.13 Å². The molecule has 2 aromatic heterocycles. The smallest absolute Gasteiger partial charge is 0.209 e. The minimum atomic E-state index is 0.723. The minimum absolute atomic E-state index is 0.723. The van der Waals surface area contributed by atoms with Gasteiger partial charge in [0, 0.05) is 12.1 Å². The second kappa shape index (κ2) is 4.72. The fourth-order valence-corrected chi connectivity index (χ4v) is 3.44. The number of para-hydroxylation sites is 2. The molecule has 4 rings (SSSR count). The van der Waals surface area contributed by atoms with E-state index in [-0.39, 0.29) is 0 Å². The third kappa shape index (κ3) is 2.14. The molecule has 0 atom stereocenters. The van der Waals surface area contributed by atoms with E-state index in [1.54, 1.807) is 11.3 Å². The predicted octanol–water partition coefficient (Wildman–Crippen LogP) is 4.58. The lowest BCUT2D eigenvalue weighted by Crippen LogP contribution is -1.98. The molecule has 0 aliphatic heterocycles. The fourth-order valence-electron chi connectivity index (χ4n) is 2.30. The summed E-state index contributed by atoms with van der Waals surface area (Å²) in [6.07, 6.45) is 0. The van der Waals surface area contributed by atoms with E-state index in [4.69, 9.17) is 11.6 Å². The molecule has 21 heavy (non-hydrogen) atoms. The molecule has 0 bridgehead atoms. The molecule has 104 valence electrons. The lowest BCUT2D eigenvalue weighted by molar-refractivity contribution is 0.958. The van der Waals surface area contributed by atoms with Gasteiger partial charge in [-0.25, -0.2) is 9.97 Å². The van der Waals surface area contributed by atoms with E-state index in [0.29, 0.717) is 0 Å². The SMILES string of the molecule is Cn1c(Nc2nc3ccc(Cl)cc3s2)nc2ccccc21. The van der Waals surface area contributed by atoms with Crippen molar-refractivity contribution in [2.75, 3.05) is 5.32 Å². The zero-order valence-corrected chi connectivity index (χ0v) is 12.7. The maximum atomic E-state index is 6.01. The van der Waals surface area contributed by atoms with Gasteiger partial charge in [0.2, 0.25) is 5.95 Å². The Morgan fingerprint density at radius 2 is 1.95 bits per heavy atom. The van der Waals surface area contributed by atoms with Gasteiger partial charge in [-0.3, -0.25) is 0 Å². The number of hydrogen-bond donors (Lipinski definition) is 1. The Hall–Kier alpha value is -2.11. The third-order valence-corrected chi connectivity index (χ3v) is 4.53. The van der Waals surface area contributed by atoms with Crippen LogP contribution in [0, 0.1) is 0 Å². The number of thiazole rings is 1. The van der Waals surface area contributed by atoms with Gasteiger partial charge in [0.1, 0.15) is 0 Å². The summed E-state index contributed by atoms with van der Waals surface area (Å²) in [6.45, 7) is 0. The Kier molecular flexibility index (Phi) is 2.83. The first-order valence-corrected chi connectivity index (χ1v) is 7.65. The molecule has 0 saturated carbocycles. The molecule has 0 fully saturated rings. The van der Waals surface area contributed by atoms with Gasteiger partial charge < -0.3 is 9.88 Å². The Labute approximate surface area is 130 Å². The van der Waals surface area contributed by atoms with E-state index in [9.17, 15) is 0 Å². The van der Waals surface area contributed by atoms with Gasteiger partial charge in [-0.15, -0.1) is 0 Å². The van der Waals surface area contributed by atoms with Crippen molar-refractivity contribution < 1.29 is 0 Å². The van der Waals surface area contributed by atoms with Crippen LogP contribution in [0.5, 0.6) is 0 Å². The number of imidazole rings is 1. The third-order valence-electron chi connectivity index (χ3n) is 3.36. The van der Waals surface area contributed by atoms with Gasteiger partial charge in [0.05, 0.1) is 21.3 Å². The number of hydrogen-bond acceptors (Lipinski definition) is 4. The maximum Gasteiger partial charge on any atom is 0.209 e. The van der Waals surface area contributed by atoms with Crippen molar-refractivity contribution >= 4 is 55.3 Å². The van der Waals surface area contributed by atoms with Gasteiger partial charge in [-0.1, -0.05) is 35.1 Å². The number of aryl methyl sites for hydroxylation is 1. The van der Waals surface area contributed by atoms with Crippen LogP contribution in [0.4, 0.5) is 11.1 Å². The molecule has 0 radical (unpaired) electrons. The molecule has 1 N–H and O–H groups in total. The molecule has 0 unspecified atom stereocenters. The van der Waals surface area contributed by atoms with Crippen LogP contribution in [0.25, 0.3) is 21.3 Å². The first-order valence-electron chi connectivity index (χ1n) is 6.45. The van der Waals surface area contributed by atoms with E-state index >= 15 is 0 Å². The monoisotopic (exact) mass is 314 g/mol. The summed E-state index contributed by atoms with van der Waals surface area (Å²) in [6, 6.07) is 13.7. The van der Waals surface area contributed by atoms with Crippen molar-refractivity contribution in [3.05, 3.63) is 47.5 Å². The van der Waals surface area contributed by atoms with Crippen LogP contribution >= 0.6 is 22.9 Å². The molecule has 0 saturated heterocycles. The number of nitrogens with one attached hydrogen (secondary N) is 1. The summed E-state index contributed by atoms with van der Waals surface area (Å²) in [5.74, 6) is 0.779. The van der Waals surface area contributed by atoms with Gasteiger partial charge in [-0.05, 0) is 30.3 Å². The summed E-state index contributed by atoms with van der Waals surface area (Å²) in [7, 11) is 1.99. The zero-order chi connectivity index (χ0) is 14.4. The number of rotatable bonds is 2. The van der Waals surface area contributed by atoms with E-state index in [2.05, 4.69) is 15.3 Å². The zero-order valence-electron chi connectivity index (χ0n) is 11.2. The molecular formula is C15H11ClN4S. The predicted molar refractivity (Wildman–Crippen MR) is 88.6 cm³/mol. The molecule has 0 aliphatic carbocycles. The normalized spacial score (nSPS) is 11.3. The fraction of sp³-hybridized carbons (Fsp3) is 0.0667. The standard InChI is InChI=1S/C15H11ClN4S/c1-20-12-5-3-2-4-10(12)17-14(20)19-15-18-11-7-6-9(16)8-13(11)21-15/h2-8H,1H3,(H,17,18,19). The molecule has 0 spiro atoms. The van der Waals surface area contributed by atoms with Crippen LogP contribution in [-0.2, 0) is 7.05 Å². The minimum Gasteiger partial charge on any atom is -0.313 e. The van der Waals surface area contributed by atoms with Crippen LogP contribution in [0.2, 0.25) is 5.02 Å². The summed E-state index contributed by atoms with van der Waals surface area (Å²) in [5.41, 5.74) is 2.99. The van der Waals surface area contributed by atoms with Crippen molar-refractivity contribution in [3.63, 3.8) is 0 Å². The van der Waals surface area contributed by atoms with Crippen LogP contribution in [0.1, 0.15) is 0 Å². The highest BCUT2D eigenvalue weighted by Crippen LogP contribution is 2.30. The molecule has 0 amide bonds. The summed E-state index contributed by atoms with van der Waals surface area (Å²) in [5, 5.41) is 4.82. The first kappa shape index (κ1) is 12.6. The van der Waals surface area contributed by atoms with Crippen molar-refractivity contribution in [1.29, 1.82) is 0 Å².